The average Bonchev–Trinajstić information content (AvgIpc) is 2.34. The fourth-order valence-electron chi connectivity index (χ4n) is 1.27. The Morgan fingerprint density at radius 1 is 1.17 bits per heavy atom. The molecule has 0 radical (unpaired) electrons. The maximum absolute atomic E-state index is 11.5. The largest absolute Gasteiger partial charge is 0.497 e. The van der Waals surface area contributed by atoms with Gasteiger partial charge in [-0.2, -0.15) is 0 Å². The van der Waals surface area contributed by atoms with Gasteiger partial charge in [-0.3, -0.25) is 0 Å². The molecule has 18 heavy (non-hydrogen) atoms. The molecule has 1 aromatic carbocycles. The van der Waals surface area contributed by atoms with Crippen molar-refractivity contribution in [2.24, 2.45) is 0 Å². The number of sulfone groups is 1. The molecule has 0 aromatic heterocycles. The SMILES string of the molecule is COC(=O)/C(=C\c1ccc(OC)cc1)S(C)(=O)=O. The molecule has 0 spiro atoms. The van der Waals surface area contributed by atoms with E-state index in [-0.39, 0.29) is 4.91 Å². The minimum absolute atomic E-state index is 0.379. The first kappa shape index (κ1) is 14.2. The standard InChI is InChI=1S/C12H14O5S/c1-16-10-6-4-9(5-7-10)8-11(12(13)17-2)18(3,14)15/h4-8H,1-3H3/b11-8+. The van der Waals surface area contributed by atoms with Gasteiger partial charge in [0.05, 0.1) is 14.2 Å². The van der Waals surface area contributed by atoms with E-state index < -0.39 is 15.8 Å². The van der Waals surface area contributed by atoms with Gasteiger partial charge in [0.25, 0.3) is 0 Å². The van der Waals surface area contributed by atoms with Gasteiger partial charge in [0.1, 0.15) is 5.75 Å². The second-order valence-corrected chi connectivity index (χ2v) is 5.53. The summed E-state index contributed by atoms with van der Waals surface area (Å²) in [7, 11) is -0.972. The van der Waals surface area contributed by atoms with Crippen LogP contribution in [0.25, 0.3) is 6.08 Å². The van der Waals surface area contributed by atoms with Gasteiger partial charge in [-0.05, 0) is 23.8 Å². The molecule has 0 atom stereocenters. The van der Waals surface area contributed by atoms with E-state index in [2.05, 4.69) is 4.74 Å². The van der Waals surface area contributed by atoms with Crippen molar-refractivity contribution in [3.05, 3.63) is 34.7 Å². The molecule has 6 heteroatoms. The number of methoxy groups -OCH3 is 2. The van der Waals surface area contributed by atoms with Crippen LogP contribution in [0.1, 0.15) is 5.56 Å². The van der Waals surface area contributed by atoms with Crippen LogP contribution in [0.5, 0.6) is 5.75 Å². The van der Waals surface area contributed by atoms with Crippen LogP contribution in [-0.2, 0) is 19.4 Å². The Morgan fingerprint density at radius 3 is 2.11 bits per heavy atom. The zero-order valence-electron chi connectivity index (χ0n) is 10.3. The predicted octanol–water partition coefficient (Wildman–Crippen LogP) is 1.25. The van der Waals surface area contributed by atoms with Crippen molar-refractivity contribution in [3.63, 3.8) is 0 Å². The summed E-state index contributed by atoms with van der Waals surface area (Å²) in [6, 6.07) is 6.63. The summed E-state index contributed by atoms with van der Waals surface area (Å²) in [5.74, 6) is -0.237. The van der Waals surface area contributed by atoms with E-state index in [1.165, 1.54) is 13.2 Å². The van der Waals surface area contributed by atoms with Crippen molar-refractivity contribution < 1.29 is 22.7 Å². The smallest absolute Gasteiger partial charge is 0.349 e. The number of hydrogen-bond donors (Lipinski definition) is 0. The zero-order valence-corrected chi connectivity index (χ0v) is 11.2. The summed E-state index contributed by atoms with van der Waals surface area (Å²) in [5, 5.41) is 0. The summed E-state index contributed by atoms with van der Waals surface area (Å²) in [5.41, 5.74) is 0.571. The van der Waals surface area contributed by atoms with Crippen LogP contribution in [-0.4, -0.2) is 34.9 Å². The van der Waals surface area contributed by atoms with Gasteiger partial charge >= 0.3 is 5.97 Å². The highest BCUT2D eigenvalue weighted by Crippen LogP contribution is 2.16. The van der Waals surface area contributed by atoms with Gasteiger partial charge < -0.3 is 9.47 Å². The van der Waals surface area contributed by atoms with E-state index in [4.69, 9.17) is 4.74 Å². The summed E-state index contributed by atoms with van der Waals surface area (Å²) in [4.78, 5) is 11.0. The van der Waals surface area contributed by atoms with Crippen molar-refractivity contribution in [1.82, 2.24) is 0 Å². The molecule has 1 rings (SSSR count). The molecule has 0 heterocycles. The van der Waals surface area contributed by atoms with E-state index in [9.17, 15) is 13.2 Å². The highest BCUT2D eigenvalue weighted by molar-refractivity contribution is 7.95. The topological polar surface area (TPSA) is 69.7 Å². The summed E-state index contributed by atoms with van der Waals surface area (Å²) >= 11 is 0. The second-order valence-electron chi connectivity index (χ2n) is 3.55. The zero-order chi connectivity index (χ0) is 13.8. The van der Waals surface area contributed by atoms with E-state index in [0.717, 1.165) is 13.4 Å². The van der Waals surface area contributed by atoms with Crippen molar-refractivity contribution in [1.29, 1.82) is 0 Å². The summed E-state index contributed by atoms with van der Waals surface area (Å²) in [6.45, 7) is 0. The minimum Gasteiger partial charge on any atom is -0.497 e. The van der Waals surface area contributed by atoms with Gasteiger partial charge in [-0.15, -0.1) is 0 Å². The minimum atomic E-state index is -3.63. The third kappa shape index (κ3) is 3.59. The van der Waals surface area contributed by atoms with Crippen molar-refractivity contribution in [2.45, 2.75) is 0 Å². The Bertz CT molecular complexity index is 555. The third-order valence-electron chi connectivity index (χ3n) is 2.20. The first-order valence-corrected chi connectivity index (χ1v) is 6.91. The number of hydrogen-bond acceptors (Lipinski definition) is 5. The second kappa shape index (κ2) is 5.68. The lowest BCUT2D eigenvalue weighted by Crippen LogP contribution is -2.13. The third-order valence-corrected chi connectivity index (χ3v) is 3.28. The Hall–Kier alpha value is -1.82. The van der Waals surface area contributed by atoms with Crippen LogP contribution in [0.2, 0.25) is 0 Å². The van der Waals surface area contributed by atoms with Gasteiger partial charge in [0.15, 0.2) is 14.7 Å². The molecule has 0 saturated heterocycles. The van der Waals surface area contributed by atoms with Crippen molar-refractivity contribution >= 4 is 21.9 Å². The van der Waals surface area contributed by atoms with Crippen LogP contribution in [0.3, 0.4) is 0 Å². The fraction of sp³-hybridized carbons (Fsp3) is 0.250. The molecule has 0 amide bonds. The average molecular weight is 270 g/mol. The van der Waals surface area contributed by atoms with E-state index in [1.807, 2.05) is 0 Å². The fourth-order valence-corrected chi connectivity index (χ4v) is 2.01. The van der Waals surface area contributed by atoms with E-state index >= 15 is 0 Å². The molecule has 98 valence electrons. The number of esters is 1. The molecule has 0 saturated carbocycles. The lowest BCUT2D eigenvalue weighted by Gasteiger charge is -2.04. The van der Waals surface area contributed by atoms with Crippen LogP contribution < -0.4 is 4.74 Å². The van der Waals surface area contributed by atoms with Crippen LogP contribution in [0, 0.1) is 0 Å². The Morgan fingerprint density at radius 2 is 1.72 bits per heavy atom. The molecule has 0 aliphatic heterocycles. The van der Waals surface area contributed by atoms with Gasteiger partial charge in [-0.25, -0.2) is 13.2 Å². The first-order valence-electron chi connectivity index (χ1n) is 5.02. The van der Waals surface area contributed by atoms with Gasteiger partial charge in [0.2, 0.25) is 0 Å². The lowest BCUT2D eigenvalue weighted by atomic mass is 10.2. The molecule has 0 aliphatic carbocycles. The molecule has 0 bridgehead atoms. The monoisotopic (exact) mass is 270 g/mol. The molecule has 0 aliphatic rings. The molecular weight excluding hydrogens is 256 g/mol. The number of carbonyl (C=O) groups is 1. The first-order chi connectivity index (χ1) is 8.38. The molecule has 1 aromatic rings. The molecule has 0 unspecified atom stereocenters. The highest BCUT2D eigenvalue weighted by Gasteiger charge is 2.20. The number of rotatable bonds is 4. The highest BCUT2D eigenvalue weighted by atomic mass is 32.2. The molecular formula is C12H14O5S. The predicted molar refractivity (Wildman–Crippen MR) is 67.8 cm³/mol. The van der Waals surface area contributed by atoms with Gasteiger partial charge in [-0.1, -0.05) is 12.1 Å². The molecule has 5 nitrogen and oxygen atoms in total. The normalized spacial score (nSPS) is 12.1. The maximum Gasteiger partial charge on any atom is 0.349 e. The lowest BCUT2D eigenvalue weighted by molar-refractivity contribution is -0.135. The Labute approximate surface area is 106 Å². The van der Waals surface area contributed by atoms with Crippen LogP contribution in [0.15, 0.2) is 29.2 Å². The van der Waals surface area contributed by atoms with Crippen LogP contribution in [0.4, 0.5) is 0 Å². The number of carbonyl (C=O) groups excluding carboxylic acids is 1. The summed E-state index contributed by atoms with van der Waals surface area (Å²) in [6.07, 6.45) is 2.22. The van der Waals surface area contributed by atoms with Crippen molar-refractivity contribution in [2.75, 3.05) is 20.5 Å². The van der Waals surface area contributed by atoms with Gasteiger partial charge in [0, 0.05) is 6.26 Å². The quantitative estimate of drug-likeness (QED) is 0.608. The van der Waals surface area contributed by atoms with Crippen molar-refractivity contribution in [3.8, 4) is 5.75 Å². The maximum atomic E-state index is 11.5. The summed E-state index contributed by atoms with van der Waals surface area (Å²) < 4.78 is 32.4. The molecule has 0 N–H and O–H groups in total. The van der Waals surface area contributed by atoms with E-state index in [0.29, 0.717) is 11.3 Å². The molecule has 0 fully saturated rings. The Balaban J connectivity index is 3.20. The van der Waals surface area contributed by atoms with E-state index in [1.54, 1.807) is 24.3 Å². The Kier molecular flexibility index (Phi) is 4.49. The number of ether oxygens (including phenoxy) is 2. The van der Waals surface area contributed by atoms with Crippen LogP contribution >= 0.6 is 0 Å². The number of benzene rings is 1.